The molecule has 0 bridgehead atoms. The van der Waals surface area contributed by atoms with Gasteiger partial charge in [0, 0.05) is 24.7 Å². The van der Waals surface area contributed by atoms with Gasteiger partial charge in [0.05, 0.1) is 24.6 Å². The Balaban J connectivity index is 1.54. The molecule has 6 heteroatoms. The number of aromatic nitrogens is 2. The Kier molecular flexibility index (Phi) is 4.99. The fourth-order valence-corrected chi connectivity index (χ4v) is 3.89. The molecular weight excluding hydrogens is 340 g/mol. The number of rotatable bonds is 6. The van der Waals surface area contributed by atoms with Gasteiger partial charge >= 0.3 is 0 Å². The van der Waals surface area contributed by atoms with Crippen molar-refractivity contribution in [2.45, 2.75) is 32.9 Å². The maximum absolute atomic E-state index is 13.1. The third-order valence-corrected chi connectivity index (χ3v) is 5.52. The van der Waals surface area contributed by atoms with Crippen LogP contribution in [0.5, 0.6) is 0 Å². The molecule has 1 aromatic carbocycles. The van der Waals surface area contributed by atoms with Gasteiger partial charge in [0.1, 0.15) is 5.58 Å². The van der Waals surface area contributed by atoms with E-state index in [1.54, 1.807) is 0 Å². The highest BCUT2D eigenvalue weighted by Crippen LogP contribution is 2.27. The molecule has 0 N–H and O–H groups in total. The minimum absolute atomic E-state index is 0.0495. The van der Waals surface area contributed by atoms with Crippen LogP contribution in [0.2, 0.25) is 0 Å². The molecule has 0 aliphatic carbocycles. The van der Waals surface area contributed by atoms with Gasteiger partial charge in [-0.15, -0.1) is 0 Å². The molecule has 0 saturated carbocycles. The van der Waals surface area contributed by atoms with Crippen LogP contribution in [-0.2, 0) is 6.54 Å². The Hall–Kier alpha value is -2.60. The number of furan rings is 1. The first-order valence-corrected chi connectivity index (χ1v) is 9.70. The molecule has 1 aliphatic heterocycles. The Labute approximate surface area is 159 Å². The molecule has 3 aromatic rings. The van der Waals surface area contributed by atoms with Crippen molar-refractivity contribution in [2.24, 2.45) is 0 Å². The summed E-state index contributed by atoms with van der Waals surface area (Å²) in [6.45, 7) is 8.72. The predicted octanol–water partition coefficient (Wildman–Crippen LogP) is 3.56. The molecule has 27 heavy (non-hydrogen) atoms. The first-order chi connectivity index (χ1) is 13.2. The molecule has 142 valence electrons. The van der Waals surface area contributed by atoms with E-state index < -0.39 is 0 Å². The van der Waals surface area contributed by atoms with Crippen LogP contribution in [0.4, 0.5) is 0 Å². The quantitative estimate of drug-likeness (QED) is 0.669. The van der Waals surface area contributed by atoms with Crippen LogP contribution in [-0.4, -0.2) is 51.4 Å². The number of carbonyl (C=O) groups excluding carboxylic acids is 1. The monoisotopic (exact) mass is 366 g/mol. The Bertz CT molecular complexity index is 892. The molecule has 4 rings (SSSR count). The van der Waals surface area contributed by atoms with Gasteiger partial charge in [-0.3, -0.25) is 4.79 Å². The third kappa shape index (κ3) is 3.49. The van der Waals surface area contributed by atoms with Gasteiger partial charge in [-0.25, -0.2) is 4.98 Å². The number of nitrogens with zero attached hydrogens (tertiary/aromatic N) is 4. The van der Waals surface area contributed by atoms with Crippen LogP contribution in [0, 0.1) is 0 Å². The van der Waals surface area contributed by atoms with Crippen molar-refractivity contribution >= 4 is 16.9 Å². The summed E-state index contributed by atoms with van der Waals surface area (Å²) in [5.74, 6) is 0.359. The van der Waals surface area contributed by atoms with Crippen molar-refractivity contribution in [1.29, 1.82) is 0 Å². The molecule has 2 aromatic heterocycles. The first kappa shape index (κ1) is 17.8. The molecule has 0 saturated heterocycles. The lowest BCUT2D eigenvalue weighted by Gasteiger charge is -2.35. The van der Waals surface area contributed by atoms with Crippen LogP contribution >= 0.6 is 0 Å². The minimum Gasteiger partial charge on any atom is -0.451 e. The molecule has 0 radical (unpaired) electrons. The molecule has 0 unspecified atom stereocenters. The summed E-state index contributed by atoms with van der Waals surface area (Å²) in [5.41, 5.74) is 1.83. The van der Waals surface area contributed by atoms with Crippen LogP contribution in [0.25, 0.3) is 11.0 Å². The molecular formula is C21H26N4O2. The van der Waals surface area contributed by atoms with Crippen molar-refractivity contribution < 1.29 is 9.21 Å². The average Bonchev–Trinajstić information content (AvgIpc) is 3.34. The van der Waals surface area contributed by atoms with E-state index in [-0.39, 0.29) is 11.9 Å². The summed E-state index contributed by atoms with van der Waals surface area (Å²) < 4.78 is 8.03. The number of benzene rings is 1. The van der Waals surface area contributed by atoms with Gasteiger partial charge in [-0.2, -0.15) is 0 Å². The van der Waals surface area contributed by atoms with Crippen molar-refractivity contribution in [3.8, 4) is 0 Å². The van der Waals surface area contributed by atoms with E-state index in [0.29, 0.717) is 18.8 Å². The minimum atomic E-state index is -0.0495. The maximum atomic E-state index is 13.1. The number of imidazole rings is 1. The van der Waals surface area contributed by atoms with Crippen LogP contribution in [0.3, 0.4) is 0 Å². The second-order valence-electron chi connectivity index (χ2n) is 7.10. The largest absolute Gasteiger partial charge is 0.451 e. The van der Waals surface area contributed by atoms with Crippen molar-refractivity contribution in [3.63, 3.8) is 0 Å². The van der Waals surface area contributed by atoms with Gasteiger partial charge in [-0.05, 0) is 31.6 Å². The van der Waals surface area contributed by atoms with E-state index in [4.69, 9.17) is 4.42 Å². The van der Waals surface area contributed by atoms with Gasteiger partial charge in [0.2, 0.25) is 0 Å². The number of hydrogen-bond acceptors (Lipinski definition) is 4. The van der Waals surface area contributed by atoms with E-state index in [2.05, 4.69) is 28.3 Å². The molecule has 3 heterocycles. The van der Waals surface area contributed by atoms with Gasteiger partial charge < -0.3 is 18.8 Å². The zero-order valence-electron chi connectivity index (χ0n) is 16.0. The summed E-state index contributed by atoms with van der Waals surface area (Å²) in [7, 11) is 0. The highest BCUT2D eigenvalue weighted by Gasteiger charge is 2.30. The van der Waals surface area contributed by atoms with Gasteiger partial charge in [0.15, 0.2) is 5.76 Å². The maximum Gasteiger partial charge on any atom is 0.290 e. The summed E-state index contributed by atoms with van der Waals surface area (Å²) in [4.78, 5) is 21.7. The highest BCUT2D eigenvalue weighted by atomic mass is 16.3. The summed E-state index contributed by atoms with van der Waals surface area (Å²) in [6, 6.07) is 9.81. The summed E-state index contributed by atoms with van der Waals surface area (Å²) in [5, 5.41) is 0.959. The van der Waals surface area contributed by atoms with E-state index >= 15 is 0 Å². The van der Waals surface area contributed by atoms with Crippen molar-refractivity contribution in [2.75, 3.05) is 26.2 Å². The lowest BCUT2D eigenvalue weighted by molar-refractivity contribution is 0.0638. The molecule has 1 amide bonds. The average molecular weight is 366 g/mol. The van der Waals surface area contributed by atoms with Crippen molar-refractivity contribution in [1.82, 2.24) is 19.4 Å². The number of amides is 1. The third-order valence-electron chi connectivity index (χ3n) is 5.52. The number of para-hydroxylation sites is 1. The number of carbonyl (C=O) groups is 1. The standard InChI is InChI=1S/C21H26N4O2/c1-3-23(4-2)10-9-17-13-24(14-18-12-22-15-25(17)18)21(26)20-11-16-7-5-6-8-19(16)27-20/h5-8,11-12,15,17H,3-4,9-10,13-14H2,1-2H3/t17-/m1/s1. The Morgan fingerprint density at radius 2 is 2.11 bits per heavy atom. The predicted molar refractivity (Wildman–Crippen MR) is 105 cm³/mol. The highest BCUT2D eigenvalue weighted by molar-refractivity contribution is 5.96. The van der Waals surface area contributed by atoms with E-state index in [9.17, 15) is 4.79 Å². The lowest BCUT2D eigenvalue weighted by atomic mass is 10.1. The van der Waals surface area contributed by atoms with Crippen molar-refractivity contribution in [3.05, 3.63) is 54.3 Å². The SMILES string of the molecule is CCN(CC)CC[C@@H]1CN(C(=O)c2cc3ccccc3o2)Cc2cncn21. The second kappa shape index (κ2) is 7.56. The lowest BCUT2D eigenvalue weighted by Crippen LogP contribution is -2.41. The topological polar surface area (TPSA) is 54.5 Å². The van der Waals surface area contributed by atoms with Crippen LogP contribution in [0.1, 0.15) is 42.6 Å². The summed E-state index contributed by atoms with van der Waals surface area (Å²) >= 11 is 0. The van der Waals surface area contributed by atoms with Gasteiger partial charge in [0.25, 0.3) is 5.91 Å². The van der Waals surface area contributed by atoms with E-state index in [0.717, 1.165) is 42.7 Å². The zero-order valence-corrected chi connectivity index (χ0v) is 16.0. The first-order valence-electron chi connectivity index (χ1n) is 9.70. The van der Waals surface area contributed by atoms with Gasteiger partial charge in [-0.1, -0.05) is 32.0 Å². The molecule has 0 fully saturated rings. The number of fused-ring (bicyclic) bond motifs is 2. The zero-order chi connectivity index (χ0) is 18.8. The van der Waals surface area contributed by atoms with E-state index in [1.807, 2.05) is 47.8 Å². The molecule has 1 atom stereocenters. The summed E-state index contributed by atoms with van der Waals surface area (Å²) in [6.07, 6.45) is 4.75. The van der Waals surface area contributed by atoms with E-state index in [1.165, 1.54) is 0 Å². The normalized spacial score (nSPS) is 16.9. The molecule has 0 spiro atoms. The van der Waals surface area contributed by atoms with Crippen LogP contribution in [0.15, 0.2) is 47.3 Å². The Morgan fingerprint density at radius 1 is 1.30 bits per heavy atom. The molecule has 6 nitrogen and oxygen atoms in total. The Morgan fingerprint density at radius 3 is 2.89 bits per heavy atom. The fourth-order valence-electron chi connectivity index (χ4n) is 3.89. The van der Waals surface area contributed by atoms with Crippen LogP contribution < -0.4 is 0 Å². The number of hydrogen-bond donors (Lipinski definition) is 0. The fraction of sp³-hybridized carbons (Fsp3) is 0.429. The molecule has 1 aliphatic rings. The smallest absolute Gasteiger partial charge is 0.290 e. The second-order valence-corrected chi connectivity index (χ2v) is 7.10.